The molecule has 1 heterocycles. The van der Waals surface area contributed by atoms with E-state index in [1.54, 1.807) is 25.1 Å². The molecule has 2 aromatic rings. The summed E-state index contributed by atoms with van der Waals surface area (Å²) >= 11 is 5.72. The van der Waals surface area contributed by atoms with Crippen molar-refractivity contribution in [2.24, 2.45) is 0 Å². The van der Waals surface area contributed by atoms with Crippen LogP contribution >= 0.6 is 11.6 Å². The van der Waals surface area contributed by atoms with E-state index in [1.165, 1.54) is 31.3 Å². The van der Waals surface area contributed by atoms with Gasteiger partial charge >= 0.3 is 5.97 Å². The molecule has 1 aromatic carbocycles. The van der Waals surface area contributed by atoms with E-state index in [0.717, 1.165) is 6.07 Å². The molecule has 1 amide bonds. The van der Waals surface area contributed by atoms with Gasteiger partial charge in [-0.15, -0.1) is 0 Å². The minimum absolute atomic E-state index is 0.0310. The Morgan fingerprint density at radius 3 is 2.56 bits per heavy atom. The first kappa shape index (κ1) is 20.1. The number of nitrogens with one attached hydrogen (secondary N) is 1. The first-order chi connectivity index (χ1) is 12.7. The van der Waals surface area contributed by atoms with Gasteiger partial charge in [0.15, 0.2) is 6.10 Å². The number of rotatable bonds is 6. The van der Waals surface area contributed by atoms with Gasteiger partial charge in [-0.2, -0.15) is 0 Å². The molecule has 2 rings (SSSR count). The Labute approximate surface area is 160 Å². The highest BCUT2D eigenvalue weighted by atomic mass is 35.5. The summed E-state index contributed by atoms with van der Waals surface area (Å²) in [6.07, 6.45) is 0.224. The molecule has 0 radical (unpaired) electrons. The number of nitrogens with zero attached hydrogens (tertiary/aromatic N) is 3. The molecule has 0 aliphatic heterocycles. The average Bonchev–Trinajstić information content (AvgIpc) is 2.62. The molecule has 1 aromatic heterocycles. The summed E-state index contributed by atoms with van der Waals surface area (Å²) in [5.41, 5.74) is 0.0737. The quantitative estimate of drug-likeness (QED) is 0.456. The third-order valence-corrected chi connectivity index (χ3v) is 3.74. The number of carbonyl (C=O) groups excluding carboxylic acids is 2. The van der Waals surface area contributed by atoms with Gasteiger partial charge in [0.05, 0.1) is 15.5 Å². The summed E-state index contributed by atoms with van der Waals surface area (Å²) in [5, 5.41) is 14.1. The van der Waals surface area contributed by atoms with Gasteiger partial charge in [0, 0.05) is 26.4 Å². The Morgan fingerprint density at radius 1 is 1.30 bits per heavy atom. The molecule has 27 heavy (non-hydrogen) atoms. The van der Waals surface area contributed by atoms with E-state index in [2.05, 4.69) is 10.3 Å². The van der Waals surface area contributed by atoms with Gasteiger partial charge in [-0.05, 0) is 31.2 Å². The Balaban J connectivity index is 2.09. The Hall–Kier alpha value is -3.20. The number of esters is 1. The first-order valence-electron chi connectivity index (χ1n) is 7.78. The Bertz CT molecular complexity index is 870. The van der Waals surface area contributed by atoms with Crippen LogP contribution in [0.15, 0.2) is 36.5 Å². The van der Waals surface area contributed by atoms with Crippen molar-refractivity contribution in [3.05, 3.63) is 57.2 Å². The number of pyridine rings is 1. The highest BCUT2D eigenvalue weighted by Crippen LogP contribution is 2.28. The molecule has 0 saturated carbocycles. The maximum Gasteiger partial charge on any atom is 0.339 e. The van der Waals surface area contributed by atoms with E-state index >= 15 is 0 Å². The van der Waals surface area contributed by atoms with E-state index in [9.17, 15) is 19.7 Å². The van der Waals surface area contributed by atoms with Gasteiger partial charge in [-0.25, -0.2) is 9.78 Å². The molecule has 0 aliphatic carbocycles. The minimum atomic E-state index is -1.14. The summed E-state index contributed by atoms with van der Waals surface area (Å²) in [6.45, 7) is 1.38. The van der Waals surface area contributed by atoms with E-state index in [0.29, 0.717) is 10.7 Å². The fraction of sp³-hybridized carbons (Fsp3) is 0.235. The SMILES string of the molecule is C[C@H](OC(=O)c1ccc(N(C)C)c([N+](=O)[O-])c1)C(=O)Nc1ccc(Cl)cn1. The number of hydrogen-bond donors (Lipinski definition) is 1. The van der Waals surface area contributed by atoms with Crippen LogP contribution in [0.2, 0.25) is 5.02 Å². The predicted molar refractivity (Wildman–Crippen MR) is 100 cm³/mol. The Kier molecular flexibility index (Phi) is 6.30. The normalized spacial score (nSPS) is 11.4. The van der Waals surface area contributed by atoms with Crippen LogP contribution in [0.3, 0.4) is 0 Å². The molecular weight excluding hydrogens is 376 g/mol. The second-order valence-corrected chi connectivity index (χ2v) is 6.19. The predicted octanol–water partition coefficient (Wildman–Crippen LogP) is 2.89. The summed E-state index contributed by atoms with van der Waals surface area (Å²) < 4.78 is 5.09. The molecule has 142 valence electrons. The van der Waals surface area contributed by atoms with Crippen LogP contribution in [0.1, 0.15) is 17.3 Å². The third-order valence-electron chi connectivity index (χ3n) is 3.52. The van der Waals surface area contributed by atoms with Crippen molar-refractivity contribution in [2.75, 3.05) is 24.3 Å². The smallest absolute Gasteiger partial charge is 0.339 e. The van der Waals surface area contributed by atoms with Gasteiger partial charge in [0.1, 0.15) is 11.5 Å². The summed E-state index contributed by atoms with van der Waals surface area (Å²) in [6, 6.07) is 7.00. The van der Waals surface area contributed by atoms with Crippen LogP contribution in [-0.2, 0) is 9.53 Å². The number of amides is 1. The molecule has 0 spiro atoms. The number of halogens is 1. The summed E-state index contributed by atoms with van der Waals surface area (Å²) in [7, 11) is 3.30. The molecule has 0 saturated heterocycles. The largest absolute Gasteiger partial charge is 0.449 e. The number of carbonyl (C=O) groups is 2. The van der Waals surface area contributed by atoms with Gasteiger partial charge in [0.25, 0.3) is 11.6 Å². The lowest BCUT2D eigenvalue weighted by Crippen LogP contribution is -2.30. The topological polar surface area (TPSA) is 115 Å². The van der Waals surface area contributed by atoms with E-state index < -0.39 is 22.9 Å². The van der Waals surface area contributed by atoms with Crippen LogP contribution in [-0.4, -0.2) is 42.0 Å². The number of benzene rings is 1. The molecular formula is C17H17ClN4O5. The number of aromatic nitrogens is 1. The second kappa shape index (κ2) is 8.45. The molecule has 9 nitrogen and oxygen atoms in total. The zero-order valence-corrected chi connectivity index (χ0v) is 15.6. The summed E-state index contributed by atoms with van der Waals surface area (Å²) in [4.78, 5) is 40.4. The third kappa shape index (κ3) is 5.14. The molecule has 10 heteroatoms. The maximum atomic E-state index is 12.2. The standard InChI is InChI=1S/C17H17ClN4O5/c1-10(16(23)20-15-7-5-12(18)9-19-15)27-17(24)11-4-6-13(21(2)3)14(8-11)22(25)26/h4-10H,1-3H3,(H,19,20,23)/t10-/m0/s1. The number of nitro benzene ring substituents is 1. The van der Waals surface area contributed by atoms with Gasteiger partial charge in [0.2, 0.25) is 0 Å². The number of hydrogen-bond acceptors (Lipinski definition) is 7. The minimum Gasteiger partial charge on any atom is -0.449 e. The fourth-order valence-corrected chi connectivity index (χ4v) is 2.25. The van der Waals surface area contributed by atoms with E-state index in [-0.39, 0.29) is 17.1 Å². The van der Waals surface area contributed by atoms with Gasteiger partial charge < -0.3 is 15.0 Å². The first-order valence-corrected chi connectivity index (χ1v) is 8.16. The van der Waals surface area contributed by atoms with Crippen molar-refractivity contribution in [2.45, 2.75) is 13.0 Å². The highest BCUT2D eigenvalue weighted by Gasteiger charge is 2.23. The number of anilines is 2. The lowest BCUT2D eigenvalue weighted by molar-refractivity contribution is -0.384. The number of ether oxygens (including phenoxy) is 1. The van der Waals surface area contributed by atoms with Crippen molar-refractivity contribution in [3.8, 4) is 0 Å². The van der Waals surface area contributed by atoms with E-state index in [4.69, 9.17) is 16.3 Å². The van der Waals surface area contributed by atoms with Crippen LogP contribution in [0.4, 0.5) is 17.2 Å². The molecule has 1 atom stereocenters. The molecule has 1 N–H and O–H groups in total. The van der Waals surface area contributed by atoms with Crippen LogP contribution in [0, 0.1) is 10.1 Å². The van der Waals surface area contributed by atoms with Crippen molar-refractivity contribution >= 4 is 40.7 Å². The molecule has 0 aliphatic rings. The van der Waals surface area contributed by atoms with Crippen LogP contribution in [0.5, 0.6) is 0 Å². The fourth-order valence-electron chi connectivity index (χ4n) is 2.13. The molecule has 0 fully saturated rings. The van der Waals surface area contributed by atoms with Gasteiger partial charge in [-0.1, -0.05) is 11.6 Å². The average molecular weight is 393 g/mol. The van der Waals surface area contributed by atoms with Crippen LogP contribution in [0.25, 0.3) is 0 Å². The summed E-state index contributed by atoms with van der Waals surface area (Å²) in [5.74, 6) is -1.20. The maximum absolute atomic E-state index is 12.2. The highest BCUT2D eigenvalue weighted by molar-refractivity contribution is 6.30. The lowest BCUT2D eigenvalue weighted by atomic mass is 10.1. The zero-order chi connectivity index (χ0) is 20.1. The molecule has 0 bridgehead atoms. The van der Waals surface area contributed by atoms with Crippen molar-refractivity contribution in [3.63, 3.8) is 0 Å². The van der Waals surface area contributed by atoms with Crippen molar-refractivity contribution in [1.82, 2.24) is 4.98 Å². The molecule has 0 unspecified atom stereocenters. The van der Waals surface area contributed by atoms with Crippen molar-refractivity contribution in [1.29, 1.82) is 0 Å². The second-order valence-electron chi connectivity index (χ2n) is 5.75. The monoisotopic (exact) mass is 392 g/mol. The van der Waals surface area contributed by atoms with Crippen molar-refractivity contribution < 1.29 is 19.2 Å². The van der Waals surface area contributed by atoms with Crippen LogP contribution < -0.4 is 10.2 Å². The van der Waals surface area contributed by atoms with Gasteiger partial charge in [-0.3, -0.25) is 14.9 Å². The number of nitro groups is 1. The van der Waals surface area contributed by atoms with E-state index in [1.807, 2.05) is 0 Å². The lowest BCUT2D eigenvalue weighted by Gasteiger charge is -2.15. The Morgan fingerprint density at radius 2 is 2.00 bits per heavy atom. The zero-order valence-electron chi connectivity index (χ0n) is 14.8.